The molecule has 6 rings (SSSR count). The third-order valence-electron chi connectivity index (χ3n) is 7.36. The van der Waals surface area contributed by atoms with Gasteiger partial charge in [-0.2, -0.15) is 5.26 Å². The lowest BCUT2D eigenvalue weighted by Crippen LogP contribution is -2.11. The van der Waals surface area contributed by atoms with Gasteiger partial charge in [0.25, 0.3) is 6.29 Å². The van der Waals surface area contributed by atoms with Gasteiger partial charge in [0.05, 0.1) is 34.8 Å². The summed E-state index contributed by atoms with van der Waals surface area (Å²) in [5.74, 6) is -1.42. The molecule has 0 amide bonds. The van der Waals surface area contributed by atoms with E-state index in [4.69, 9.17) is 19.5 Å². The molecule has 2 heterocycles. The highest BCUT2D eigenvalue weighted by molar-refractivity contribution is 5.97. The topological polar surface area (TPSA) is 86.4 Å². The summed E-state index contributed by atoms with van der Waals surface area (Å²) >= 11 is 0. The Hall–Kier alpha value is -5.14. The van der Waals surface area contributed by atoms with E-state index in [0.717, 1.165) is 6.07 Å². The number of halogens is 3. The smallest absolute Gasteiger partial charge is 0.270 e. The van der Waals surface area contributed by atoms with E-state index in [0.29, 0.717) is 41.1 Å². The molecule has 7 nitrogen and oxygen atoms in total. The third-order valence-corrected chi connectivity index (χ3v) is 7.36. The number of nitrogens with zero attached hydrogens (tertiary/aromatic N) is 3. The summed E-state index contributed by atoms with van der Waals surface area (Å²) in [6, 6.07) is 18.2. The van der Waals surface area contributed by atoms with E-state index in [9.17, 15) is 9.18 Å². The minimum atomic E-state index is -1.14. The first kappa shape index (κ1) is 28.0. The fraction of sp³-hybridized carbons (Fsp3) is 0.182. The maximum atomic E-state index is 15.6. The average molecular weight is 584 g/mol. The second-order valence-electron chi connectivity index (χ2n) is 10.1. The van der Waals surface area contributed by atoms with E-state index in [1.165, 1.54) is 31.2 Å². The van der Waals surface area contributed by atoms with E-state index in [2.05, 4.69) is 4.98 Å². The Balaban J connectivity index is 1.33. The molecular weight excluding hydrogens is 559 g/mol. The predicted octanol–water partition coefficient (Wildman–Crippen LogP) is 6.90. The number of para-hydroxylation sites is 1. The number of carbonyl (C=O) groups is 1. The predicted molar refractivity (Wildman–Crippen MR) is 151 cm³/mol. The number of nitriles is 1. The molecule has 5 aromatic rings. The van der Waals surface area contributed by atoms with Gasteiger partial charge in [-0.15, -0.1) is 0 Å². The summed E-state index contributed by atoms with van der Waals surface area (Å²) in [6.45, 7) is 2.18. The lowest BCUT2D eigenvalue weighted by molar-refractivity contribution is 0.0457. The van der Waals surface area contributed by atoms with Crippen molar-refractivity contribution in [1.29, 1.82) is 5.26 Å². The molecule has 0 aliphatic carbocycles. The summed E-state index contributed by atoms with van der Waals surface area (Å²) in [7, 11) is 1.55. The van der Waals surface area contributed by atoms with Gasteiger partial charge in [-0.1, -0.05) is 12.1 Å². The fourth-order valence-electron chi connectivity index (χ4n) is 5.16. The van der Waals surface area contributed by atoms with Crippen LogP contribution in [0.4, 0.5) is 13.2 Å². The SMILES string of the molecule is COCCn1c(Cc2c(F)cc(-c3cccc4c3OC(c3ccc(C#N)cc3F)O4)cc2F)nc2ccc(C(C)=O)cc21. The minimum Gasteiger partial charge on any atom is -0.447 e. The maximum Gasteiger partial charge on any atom is 0.270 e. The van der Waals surface area contributed by atoms with Gasteiger partial charge in [0.1, 0.15) is 23.3 Å². The van der Waals surface area contributed by atoms with Crippen LogP contribution in [0.2, 0.25) is 0 Å². The first-order valence-corrected chi connectivity index (χ1v) is 13.4. The highest BCUT2D eigenvalue weighted by atomic mass is 19.1. The zero-order valence-electron chi connectivity index (χ0n) is 23.2. The molecule has 1 unspecified atom stereocenters. The molecule has 1 aliphatic rings. The number of hydrogen-bond acceptors (Lipinski definition) is 6. The van der Waals surface area contributed by atoms with Crippen LogP contribution in [0.3, 0.4) is 0 Å². The zero-order valence-corrected chi connectivity index (χ0v) is 23.2. The largest absolute Gasteiger partial charge is 0.447 e. The Morgan fingerprint density at radius 3 is 2.51 bits per heavy atom. The molecule has 1 atom stereocenters. The number of ketones is 1. The molecular formula is C33H24F3N3O4. The van der Waals surface area contributed by atoms with E-state index < -0.39 is 23.7 Å². The number of ether oxygens (including phenoxy) is 3. The van der Waals surface area contributed by atoms with Crippen LogP contribution < -0.4 is 9.47 Å². The van der Waals surface area contributed by atoms with Crippen LogP contribution >= 0.6 is 0 Å². The molecule has 216 valence electrons. The molecule has 0 fully saturated rings. The van der Waals surface area contributed by atoms with Crippen LogP contribution in [0.15, 0.2) is 66.7 Å². The van der Waals surface area contributed by atoms with Crippen molar-refractivity contribution >= 4 is 16.8 Å². The highest BCUT2D eigenvalue weighted by Gasteiger charge is 2.31. The van der Waals surface area contributed by atoms with Crippen molar-refractivity contribution in [3.8, 4) is 28.7 Å². The van der Waals surface area contributed by atoms with Gasteiger partial charge in [-0.25, -0.2) is 18.2 Å². The summed E-state index contributed by atoms with van der Waals surface area (Å²) in [5, 5.41) is 9.02. The fourth-order valence-corrected chi connectivity index (χ4v) is 5.16. The van der Waals surface area contributed by atoms with Crippen LogP contribution in [0.25, 0.3) is 22.2 Å². The van der Waals surface area contributed by atoms with Gasteiger partial charge >= 0.3 is 0 Å². The minimum absolute atomic E-state index is 0.0839. The van der Waals surface area contributed by atoms with Crippen LogP contribution in [0.1, 0.15) is 46.1 Å². The highest BCUT2D eigenvalue weighted by Crippen LogP contribution is 2.47. The lowest BCUT2D eigenvalue weighted by Gasteiger charge is -2.13. The van der Waals surface area contributed by atoms with E-state index >= 15 is 8.78 Å². The van der Waals surface area contributed by atoms with Crippen LogP contribution in [0.5, 0.6) is 11.5 Å². The number of carbonyl (C=O) groups excluding carboxylic acids is 1. The summed E-state index contributed by atoms with van der Waals surface area (Å²) in [6.07, 6.45) is -1.28. The number of aromatic nitrogens is 2. The van der Waals surface area contributed by atoms with E-state index in [-0.39, 0.29) is 46.0 Å². The van der Waals surface area contributed by atoms with Gasteiger partial charge in [0, 0.05) is 36.8 Å². The maximum absolute atomic E-state index is 15.6. The normalized spacial score (nSPS) is 13.8. The molecule has 43 heavy (non-hydrogen) atoms. The molecule has 0 spiro atoms. The molecule has 0 saturated heterocycles. The lowest BCUT2D eigenvalue weighted by atomic mass is 10.00. The average Bonchev–Trinajstić information content (AvgIpc) is 3.58. The second kappa shape index (κ2) is 11.3. The zero-order chi connectivity index (χ0) is 30.2. The molecule has 4 aromatic carbocycles. The molecule has 1 aromatic heterocycles. The molecule has 0 radical (unpaired) electrons. The number of imidazole rings is 1. The van der Waals surface area contributed by atoms with Crippen molar-refractivity contribution in [3.05, 3.63) is 112 Å². The number of fused-ring (bicyclic) bond motifs is 2. The number of hydrogen-bond donors (Lipinski definition) is 0. The van der Waals surface area contributed by atoms with Crippen molar-refractivity contribution in [2.24, 2.45) is 0 Å². The van der Waals surface area contributed by atoms with Gasteiger partial charge in [-0.05, 0) is 67.1 Å². The number of methoxy groups -OCH3 is 1. The van der Waals surface area contributed by atoms with Crippen molar-refractivity contribution in [2.75, 3.05) is 13.7 Å². The Morgan fingerprint density at radius 2 is 1.81 bits per heavy atom. The standard InChI is InChI=1S/C33H24F3N3O4/c1-18(40)20-7-9-28-29(15-20)39(10-11-41-2)31(38-28)16-24-26(35)13-21(14-27(24)36)22-4-3-5-30-32(22)43-33(42-30)23-8-6-19(17-37)12-25(23)34/h3-9,12-15,33H,10-11,16H2,1-2H3. The van der Waals surface area contributed by atoms with Crippen LogP contribution in [-0.4, -0.2) is 29.1 Å². The number of Topliss-reactive ketones (excluding diaryl/α,β-unsaturated/α-hetero) is 1. The van der Waals surface area contributed by atoms with Crippen LogP contribution in [-0.2, 0) is 17.7 Å². The molecule has 1 aliphatic heterocycles. The monoisotopic (exact) mass is 583 g/mol. The molecule has 10 heteroatoms. The Morgan fingerprint density at radius 1 is 1.02 bits per heavy atom. The van der Waals surface area contributed by atoms with Gasteiger partial charge in [-0.3, -0.25) is 4.79 Å². The number of benzene rings is 4. The van der Waals surface area contributed by atoms with E-state index in [1.54, 1.807) is 48.1 Å². The first-order chi connectivity index (χ1) is 20.8. The third kappa shape index (κ3) is 5.19. The van der Waals surface area contributed by atoms with Crippen molar-refractivity contribution < 1.29 is 32.2 Å². The second-order valence-corrected chi connectivity index (χ2v) is 10.1. The molecule has 0 N–H and O–H groups in total. The van der Waals surface area contributed by atoms with Gasteiger partial charge in [0.2, 0.25) is 0 Å². The number of rotatable bonds is 8. The van der Waals surface area contributed by atoms with Crippen molar-refractivity contribution in [1.82, 2.24) is 9.55 Å². The van der Waals surface area contributed by atoms with Crippen LogP contribution in [0, 0.1) is 28.8 Å². The van der Waals surface area contributed by atoms with Gasteiger partial charge in [0.15, 0.2) is 17.3 Å². The Bertz CT molecular complexity index is 1920. The van der Waals surface area contributed by atoms with E-state index in [1.807, 2.05) is 6.07 Å². The quantitative estimate of drug-likeness (QED) is 0.185. The first-order valence-electron chi connectivity index (χ1n) is 13.4. The summed E-state index contributed by atoms with van der Waals surface area (Å²) in [4.78, 5) is 16.6. The van der Waals surface area contributed by atoms with Crippen molar-refractivity contribution in [3.63, 3.8) is 0 Å². The Labute approximate surface area is 244 Å². The molecule has 0 saturated carbocycles. The van der Waals surface area contributed by atoms with Crippen molar-refractivity contribution in [2.45, 2.75) is 26.2 Å². The summed E-state index contributed by atoms with van der Waals surface area (Å²) in [5.41, 5.74) is 2.40. The summed E-state index contributed by atoms with van der Waals surface area (Å²) < 4.78 is 64.6. The molecule has 0 bridgehead atoms. The Kier molecular flexibility index (Phi) is 7.34. The van der Waals surface area contributed by atoms with Gasteiger partial charge < -0.3 is 18.8 Å².